The van der Waals surface area contributed by atoms with Crippen molar-refractivity contribution >= 4 is 68.5 Å². The van der Waals surface area contributed by atoms with E-state index in [9.17, 15) is 0 Å². The third kappa shape index (κ3) is 3.35. The SMILES string of the molecule is Clc1nc(Cl)c2cc[nH]c2n1.Cn1ccc2c(Cl)nc(Cl)nc21. The molecule has 0 aliphatic carbocycles. The third-order valence-electron chi connectivity index (χ3n) is 2.99. The Morgan fingerprint density at radius 3 is 2.26 bits per heavy atom. The molecule has 23 heavy (non-hydrogen) atoms. The molecule has 1 N–H and O–H groups in total. The minimum atomic E-state index is 0.157. The standard InChI is InChI=1S/C7H5Cl2N3.C6H3Cl2N3/c1-12-3-2-4-5(8)10-7(9)11-6(4)12;7-4-3-1-2-9-5(3)11-6(8)10-4/h2-3H,1H3;1-2H,(H,9,10,11). The highest BCUT2D eigenvalue weighted by molar-refractivity contribution is 6.36. The van der Waals surface area contributed by atoms with Crippen LogP contribution in [0.2, 0.25) is 20.9 Å². The van der Waals surface area contributed by atoms with Gasteiger partial charge in [0.1, 0.15) is 21.6 Å². The second kappa shape index (κ2) is 6.49. The van der Waals surface area contributed by atoms with Crippen LogP contribution >= 0.6 is 46.4 Å². The van der Waals surface area contributed by atoms with Crippen LogP contribution in [0.3, 0.4) is 0 Å². The Morgan fingerprint density at radius 2 is 1.52 bits per heavy atom. The molecule has 0 amide bonds. The first-order valence-electron chi connectivity index (χ1n) is 6.26. The zero-order valence-corrected chi connectivity index (χ0v) is 14.6. The number of aromatic nitrogens is 6. The Morgan fingerprint density at radius 1 is 0.870 bits per heavy atom. The number of hydrogen-bond acceptors (Lipinski definition) is 4. The average Bonchev–Trinajstić information content (AvgIpc) is 3.07. The maximum atomic E-state index is 5.83. The molecule has 0 saturated carbocycles. The first kappa shape index (κ1) is 16.3. The van der Waals surface area contributed by atoms with Gasteiger partial charge in [-0.3, -0.25) is 0 Å². The molecule has 4 aromatic rings. The molecule has 0 saturated heterocycles. The summed E-state index contributed by atoms with van der Waals surface area (Å²) >= 11 is 22.8. The van der Waals surface area contributed by atoms with Crippen LogP contribution in [0.4, 0.5) is 0 Å². The molecule has 4 aromatic heterocycles. The van der Waals surface area contributed by atoms with Crippen molar-refractivity contribution < 1.29 is 0 Å². The lowest BCUT2D eigenvalue weighted by Crippen LogP contribution is -1.90. The lowest BCUT2D eigenvalue weighted by Gasteiger charge is -1.96. The monoisotopic (exact) mass is 388 g/mol. The number of aromatic amines is 1. The lowest BCUT2D eigenvalue weighted by atomic mass is 10.4. The minimum absolute atomic E-state index is 0.157. The molecule has 4 heterocycles. The first-order chi connectivity index (χ1) is 11.0. The summed E-state index contributed by atoms with van der Waals surface area (Å²) in [6.07, 6.45) is 3.60. The van der Waals surface area contributed by atoms with E-state index in [0.717, 1.165) is 16.4 Å². The van der Waals surface area contributed by atoms with Gasteiger partial charge < -0.3 is 9.55 Å². The van der Waals surface area contributed by atoms with Crippen LogP contribution < -0.4 is 0 Å². The summed E-state index contributed by atoms with van der Waals surface area (Å²) in [7, 11) is 1.88. The molecule has 0 bridgehead atoms. The number of nitrogens with zero attached hydrogens (tertiary/aromatic N) is 5. The minimum Gasteiger partial charge on any atom is -0.346 e. The van der Waals surface area contributed by atoms with Gasteiger partial charge in [-0.1, -0.05) is 23.2 Å². The molecule has 0 aromatic carbocycles. The predicted molar refractivity (Wildman–Crippen MR) is 92.4 cm³/mol. The van der Waals surface area contributed by atoms with Crippen molar-refractivity contribution in [1.82, 2.24) is 29.5 Å². The normalized spacial score (nSPS) is 10.8. The summed E-state index contributed by atoms with van der Waals surface area (Å²) in [5.41, 5.74) is 1.41. The van der Waals surface area contributed by atoms with Crippen LogP contribution in [-0.2, 0) is 7.05 Å². The Bertz CT molecular complexity index is 993. The fourth-order valence-corrected chi connectivity index (χ4v) is 2.83. The van der Waals surface area contributed by atoms with E-state index < -0.39 is 0 Å². The number of hydrogen-bond donors (Lipinski definition) is 1. The van der Waals surface area contributed by atoms with Crippen LogP contribution in [0.1, 0.15) is 0 Å². The maximum Gasteiger partial charge on any atom is 0.225 e. The van der Waals surface area contributed by atoms with Gasteiger partial charge >= 0.3 is 0 Å². The van der Waals surface area contributed by atoms with Crippen molar-refractivity contribution in [2.45, 2.75) is 0 Å². The van der Waals surface area contributed by atoms with Crippen LogP contribution in [0.5, 0.6) is 0 Å². The first-order valence-corrected chi connectivity index (χ1v) is 7.77. The Hall–Kier alpha value is -1.60. The molecule has 0 aliphatic rings. The highest BCUT2D eigenvalue weighted by Gasteiger charge is 2.06. The van der Waals surface area contributed by atoms with Crippen LogP contribution in [0.25, 0.3) is 22.1 Å². The number of halogens is 4. The molecule has 0 aliphatic heterocycles. The van der Waals surface area contributed by atoms with Crippen molar-refractivity contribution in [1.29, 1.82) is 0 Å². The smallest absolute Gasteiger partial charge is 0.225 e. The van der Waals surface area contributed by atoms with Crippen molar-refractivity contribution in [3.63, 3.8) is 0 Å². The quantitative estimate of drug-likeness (QED) is 0.354. The van der Waals surface area contributed by atoms with Gasteiger partial charge in [-0.15, -0.1) is 0 Å². The number of nitrogens with one attached hydrogen (secondary N) is 1. The zero-order chi connectivity index (χ0) is 16.6. The lowest BCUT2D eigenvalue weighted by molar-refractivity contribution is 0.944. The zero-order valence-electron chi connectivity index (χ0n) is 11.6. The average molecular weight is 390 g/mol. The Kier molecular flexibility index (Phi) is 4.59. The van der Waals surface area contributed by atoms with Gasteiger partial charge in [0.15, 0.2) is 0 Å². The molecule has 118 valence electrons. The summed E-state index contributed by atoms with van der Waals surface area (Å²) in [5, 5.41) is 2.71. The predicted octanol–water partition coefficient (Wildman–Crippen LogP) is 4.54. The molecular formula is C13H8Cl4N6. The van der Waals surface area contributed by atoms with Gasteiger partial charge in [-0.2, -0.15) is 9.97 Å². The summed E-state index contributed by atoms with van der Waals surface area (Å²) in [4.78, 5) is 18.4. The molecule has 0 radical (unpaired) electrons. The van der Waals surface area contributed by atoms with Gasteiger partial charge in [0.2, 0.25) is 10.6 Å². The van der Waals surface area contributed by atoms with Gasteiger partial charge in [0.25, 0.3) is 0 Å². The fraction of sp³-hybridized carbons (Fsp3) is 0.0769. The van der Waals surface area contributed by atoms with Crippen LogP contribution in [0, 0.1) is 0 Å². The van der Waals surface area contributed by atoms with Crippen LogP contribution in [0.15, 0.2) is 24.5 Å². The van der Waals surface area contributed by atoms with E-state index in [2.05, 4.69) is 24.9 Å². The highest BCUT2D eigenvalue weighted by atomic mass is 35.5. The van der Waals surface area contributed by atoms with Gasteiger partial charge in [-0.05, 0) is 35.3 Å². The molecule has 0 atom stereocenters. The Labute approximate surface area is 150 Å². The van der Waals surface area contributed by atoms with Gasteiger partial charge in [-0.25, -0.2) is 9.97 Å². The maximum absolute atomic E-state index is 5.83. The summed E-state index contributed by atoms with van der Waals surface area (Å²) in [6.45, 7) is 0. The molecule has 0 fully saturated rings. The highest BCUT2D eigenvalue weighted by Crippen LogP contribution is 2.22. The number of H-pyrrole nitrogens is 1. The number of rotatable bonds is 0. The number of fused-ring (bicyclic) bond motifs is 2. The molecule has 0 spiro atoms. The van der Waals surface area contributed by atoms with Gasteiger partial charge in [0, 0.05) is 19.4 Å². The molecular weight excluding hydrogens is 382 g/mol. The molecule has 0 unspecified atom stereocenters. The summed E-state index contributed by atoms with van der Waals surface area (Å²) < 4.78 is 1.84. The van der Waals surface area contributed by atoms with Crippen molar-refractivity contribution in [3.8, 4) is 0 Å². The molecule has 10 heteroatoms. The van der Waals surface area contributed by atoms with E-state index in [1.165, 1.54) is 0 Å². The topological polar surface area (TPSA) is 72.3 Å². The van der Waals surface area contributed by atoms with Gasteiger partial charge in [0.05, 0.1) is 10.8 Å². The van der Waals surface area contributed by atoms with E-state index in [4.69, 9.17) is 46.4 Å². The van der Waals surface area contributed by atoms with Crippen molar-refractivity contribution in [3.05, 3.63) is 45.4 Å². The van der Waals surface area contributed by atoms with Crippen LogP contribution in [-0.4, -0.2) is 29.5 Å². The van der Waals surface area contributed by atoms with E-state index >= 15 is 0 Å². The largest absolute Gasteiger partial charge is 0.346 e. The van der Waals surface area contributed by atoms with E-state index in [-0.39, 0.29) is 10.6 Å². The Balaban J connectivity index is 0.000000136. The second-order valence-electron chi connectivity index (χ2n) is 4.47. The number of aryl methyl sites for hydroxylation is 1. The summed E-state index contributed by atoms with van der Waals surface area (Å²) in [6, 6.07) is 3.65. The summed E-state index contributed by atoms with van der Waals surface area (Å²) in [5.74, 6) is 0. The van der Waals surface area contributed by atoms with Crippen molar-refractivity contribution in [2.24, 2.45) is 7.05 Å². The van der Waals surface area contributed by atoms with Crippen molar-refractivity contribution in [2.75, 3.05) is 0 Å². The van der Waals surface area contributed by atoms with E-state index in [1.807, 2.05) is 23.9 Å². The van der Waals surface area contributed by atoms with E-state index in [0.29, 0.717) is 16.0 Å². The second-order valence-corrected chi connectivity index (χ2v) is 5.86. The third-order valence-corrected chi connectivity index (χ3v) is 3.91. The molecule has 4 rings (SSSR count). The fourth-order valence-electron chi connectivity index (χ4n) is 1.95. The molecule has 6 nitrogen and oxygen atoms in total. The van der Waals surface area contributed by atoms with E-state index in [1.54, 1.807) is 12.3 Å².